The number of fused-ring (bicyclic) bond motifs is 1. The molecule has 1 aliphatic rings. The normalized spacial score (nSPS) is 14.8. The molecule has 1 fully saturated rings. The quantitative estimate of drug-likeness (QED) is 0.231. The van der Waals surface area contributed by atoms with Crippen LogP contribution in [-0.2, 0) is 17.8 Å². The van der Waals surface area contributed by atoms with E-state index >= 15 is 0 Å². The highest BCUT2D eigenvalue weighted by Crippen LogP contribution is 2.35. The van der Waals surface area contributed by atoms with Crippen molar-refractivity contribution < 1.29 is 22.7 Å². The maximum absolute atomic E-state index is 14.5. The van der Waals surface area contributed by atoms with Gasteiger partial charge in [-0.25, -0.2) is 23.1 Å². The fourth-order valence-corrected chi connectivity index (χ4v) is 4.95. The zero-order chi connectivity index (χ0) is 29.1. The molecule has 5 rings (SSSR count). The van der Waals surface area contributed by atoms with Crippen molar-refractivity contribution in [2.45, 2.75) is 39.0 Å². The summed E-state index contributed by atoms with van der Waals surface area (Å²) in [6.45, 7) is 6.31. The molecule has 0 unspecified atom stereocenters. The number of ether oxygens (including phenoxy) is 1. The van der Waals surface area contributed by atoms with Gasteiger partial charge in [-0.3, -0.25) is 4.79 Å². The lowest BCUT2D eigenvalue weighted by molar-refractivity contribution is -0.121. The Balaban J connectivity index is 1.29. The van der Waals surface area contributed by atoms with E-state index in [1.165, 1.54) is 6.92 Å². The second-order valence-electron chi connectivity index (χ2n) is 10.2. The molecule has 0 bridgehead atoms. The molecule has 4 aromatic rings. The molecule has 2 aromatic carbocycles. The number of rotatable bonds is 9. The predicted molar refractivity (Wildman–Crippen MR) is 152 cm³/mol. The molecule has 0 spiro atoms. The number of imidazole rings is 1. The van der Waals surface area contributed by atoms with Gasteiger partial charge in [-0.15, -0.1) is 0 Å². The third-order valence-corrected chi connectivity index (χ3v) is 7.56. The van der Waals surface area contributed by atoms with Crippen molar-refractivity contribution in [1.82, 2.24) is 19.4 Å². The van der Waals surface area contributed by atoms with E-state index in [9.17, 15) is 18.0 Å². The van der Waals surface area contributed by atoms with Crippen molar-refractivity contribution >= 4 is 34.4 Å². The highest BCUT2D eigenvalue weighted by Gasteiger charge is 2.30. The largest absolute Gasteiger partial charge is 0.457 e. The number of alkyl halides is 2. The Bertz CT molecular complexity index is 1550. The van der Waals surface area contributed by atoms with Crippen LogP contribution in [0.4, 0.5) is 30.6 Å². The monoisotopic (exact) mass is 566 g/mol. The zero-order valence-electron chi connectivity index (χ0n) is 23.3. The summed E-state index contributed by atoms with van der Waals surface area (Å²) >= 11 is 0. The van der Waals surface area contributed by atoms with Crippen LogP contribution in [0, 0.1) is 11.7 Å². The number of piperidine rings is 1. The van der Waals surface area contributed by atoms with Crippen LogP contribution in [0.5, 0.6) is 11.5 Å². The lowest BCUT2D eigenvalue weighted by Crippen LogP contribution is -2.38. The number of nitrogens with zero attached hydrogens (tertiary/aromatic N) is 4. The molecule has 1 saturated heterocycles. The summed E-state index contributed by atoms with van der Waals surface area (Å²) < 4.78 is 50.6. The van der Waals surface area contributed by atoms with Crippen LogP contribution < -0.4 is 15.4 Å². The summed E-state index contributed by atoms with van der Waals surface area (Å²) in [6, 6.07) is 11.9. The molecule has 0 aliphatic carbocycles. The summed E-state index contributed by atoms with van der Waals surface area (Å²) in [6.07, 6.45) is 2.81. The Morgan fingerprint density at radius 2 is 1.83 bits per heavy atom. The number of carbonyl (C=O) groups is 1. The van der Waals surface area contributed by atoms with Gasteiger partial charge in [0, 0.05) is 43.3 Å². The van der Waals surface area contributed by atoms with Gasteiger partial charge in [-0.1, -0.05) is 13.8 Å². The highest BCUT2D eigenvalue weighted by molar-refractivity contribution is 5.92. The van der Waals surface area contributed by atoms with Crippen LogP contribution in [0.1, 0.15) is 38.7 Å². The van der Waals surface area contributed by atoms with Gasteiger partial charge in [0.2, 0.25) is 11.9 Å². The first kappa shape index (κ1) is 28.4. The van der Waals surface area contributed by atoms with Gasteiger partial charge in [0.25, 0.3) is 5.92 Å². The standard InChI is InChI=1S/C30H33F3N6O2/c1-4-30(32,33)20-6-8-23(31)24(16-20)35-29-36-25-17-21(7-9-26(25)38(29)3)41-22-10-13-34-27(18-22)37-28(40)19-11-14-39(5-2)15-12-19/h6-10,13,16-19H,4-5,11-12,14-15H2,1-3H3,(H,35,36)(H,34,37,40). The molecule has 41 heavy (non-hydrogen) atoms. The lowest BCUT2D eigenvalue weighted by atomic mass is 9.96. The number of amides is 1. The Hall–Kier alpha value is -4.12. The molecule has 1 amide bonds. The minimum absolute atomic E-state index is 0.0410. The molecule has 2 N–H and O–H groups in total. The number of anilines is 3. The van der Waals surface area contributed by atoms with E-state index in [2.05, 4.69) is 32.4 Å². The second kappa shape index (κ2) is 11.8. The Labute approximate surface area is 236 Å². The first-order valence-electron chi connectivity index (χ1n) is 13.7. The third-order valence-electron chi connectivity index (χ3n) is 7.56. The van der Waals surface area contributed by atoms with Crippen molar-refractivity contribution in [2.24, 2.45) is 13.0 Å². The van der Waals surface area contributed by atoms with E-state index in [-0.39, 0.29) is 29.0 Å². The summed E-state index contributed by atoms with van der Waals surface area (Å²) in [7, 11) is 1.74. The third kappa shape index (κ3) is 6.30. The van der Waals surface area contributed by atoms with Crippen molar-refractivity contribution in [1.29, 1.82) is 0 Å². The van der Waals surface area contributed by atoms with Crippen molar-refractivity contribution in [3.8, 4) is 11.5 Å². The fourth-order valence-electron chi connectivity index (χ4n) is 4.95. The highest BCUT2D eigenvalue weighted by atomic mass is 19.3. The van der Waals surface area contributed by atoms with Gasteiger partial charge in [0.1, 0.15) is 23.1 Å². The van der Waals surface area contributed by atoms with Crippen molar-refractivity contribution in [3.05, 3.63) is 66.1 Å². The summed E-state index contributed by atoms with van der Waals surface area (Å²) in [4.78, 5) is 23.9. The number of likely N-dealkylation sites (tertiary alicyclic amines) is 1. The molecule has 0 saturated carbocycles. The van der Waals surface area contributed by atoms with Gasteiger partial charge >= 0.3 is 0 Å². The number of nitrogens with one attached hydrogen (secondary N) is 2. The maximum atomic E-state index is 14.5. The Morgan fingerprint density at radius 3 is 2.56 bits per heavy atom. The van der Waals surface area contributed by atoms with Gasteiger partial charge in [-0.05, 0) is 68.9 Å². The maximum Gasteiger partial charge on any atom is 0.273 e. The van der Waals surface area contributed by atoms with Gasteiger partial charge < -0.3 is 24.8 Å². The molecule has 2 aromatic heterocycles. The number of aryl methyl sites for hydroxylation is 1. The minimum Gasteiger partial charge on any atom is -0.457 e. The van der Waals surface area contributed by atoms with Crippen LogP contribution in [0.2, 0.25) is 0 Å². The topological polar surface area (TPSA) is 84.3 Å². The van der Waals surface area contributed by atoms with Crippen molar-refractivity contribution in [3.63, 3.8) is 0 Å². The number of carbonyl (C=O) groups excluding carboxylic acids is 1. The molecule has 11 heteroatoms. The second-order valence-corrected chi connectivity index (χ2v) is 10.2. The van der Waals surface area contributed by atoms with Gasteiger partial charge in [-0.2, -0.15) is 0 Å². The minimum atomic E-state index is -3.06. The smallest absolute Gasteiger partial charge is 0.273 e. The van der Waals surface area contributed by atoms with Crippen LogP contribution >= 0.6 is 0 Å². The molecule has 216 valence electrons. The SMILES string of the molecule is CCN1CCC(C(=O)Nc2cc(Oc3ccc4c(c3)nc(Nc3cc(C(F)(F)CC)ccc3F)n4C)ccn2)CC1. The molecule has 1 aliphatic heterocycles. The first-order valence-corrected chi connectivity index (χ1v) is 13.7. The number of aromatic nitrogens is 3. The van der Waals surface area contributed by atoms with Crippen LogP contribution in [0.25, 0.3) is 11.0 Å². The average molecular weight is 567 g/mol. The average Bonchev–Trinajstić information content (AvgIpc) is 3.28. The van der Waals surface area contributed by atoms with E-state index in [1.54, 1.807) is 48.1 Å². The molecule has 8 nitrogen and oxygen atoms in total. The summed E-state index contributed by atoms with van der Waals surface area (Å²) in [5, 5.41) is 5.75. The number of hydrogen-bond donors (Lipinski definition) is 2. The van der Waals surface area contributed by atoms with E-state index in [0.717, 1.165) is 56.2 Å². The van der Waals surface area contributed by atoms with Gasteiger partial charge in [0.05, 0.1) is 16.7 Å². The van der Waals surface area contributed by atoms with E-state index in [4.69, 9.17) is 4.74 Å². The number of halogens is 3. The summed E-state index contributed by atoms with van der Waals surface area (Å²) in [5.74, 6) is -2.14. The van der Waals surface area contributed by atoms with E-state index < -0.39 is 18.2 Å². The van der Waals surface area contributed by atoms with Crippen molar-refractivity contribution in [2.75, 3.05) is 30.3 Å². The van der Waals surface area contributed by atoms with Crippen LogP contribution in [0.15, 0.2) is 54.7 Å². The Morgan fingerprint density at radius 1 is 1.07 bits per heavy atom. The molecular weight excluding hydrogens is 533 g/mol. The first-order chi connectivity index (χ1) is 19.7. The number of pyridine rings is 1. The fraction of sp³-hybridized carbons (Fsp3) is 0.367. The number of hydrogen-bond acceptors (Lipinski definition) is 6. The van der Waals surface area contributed by atoms with E-state index in [1.807, 2.05) is 0 Å². The van der Waals surface area contributed by atoms with Gasteiger partial charge in [0.15, 0.2) is 0 Å². The molecular formula is C30H33F3N6O2. The lowest BCUT2D eigenvalue weighted by Gasteiger charge is -2.30. The molecule has 0 radical (unpaired) electrons. The predicted octanol–water partition coefficient (Wildman–Crippen LogP) is 6.82. The van der Waals surface area contributed by atoms with Crippen LogP contribution in [-0.4, -0.2) is 45.0 Å². The van der Waals surface area contributed by atoms with Crippen LogP contribution in [0.3, 0.4) is 0 Å². The Kier molecular flexibility index (Phi) is 8.16. The number of benzene rings is 2. The molecule has 0 atom stereocenters. The van der Waals surface area contributed by atoms with E-state index in [0.29, 0.717) is 22.8 Å². The zero-order valence-corrected chi connectivity index (χ0v) is 23.3. The summed E-state index contributed by atoms with van der Waals surface area (Å²) in [5.41, 5.74) is 0.928. The molecule has 3 heterocycles.